The normalized spacial score (nSPS) is 19.9. The van der Waals surface area contributed by atoms with E-state index < -0.39 is 27.4 Å². The molecule has 1 fully saturated rings. The van der Waals surface area contributed by atoms with Crippen molar-refractivity contribution >= 4 is 39.1 Å². The van der Waals surface area contributed by atoms with Crippen molar-refractivity contribution in [2.45, 2.75) is 38.8 Å². The van der Waals surface area contributed by atoms with Crippen LogP contribution in [0.1, 0.15) is 37.8 Å². The molecule has 3 rings (SSSR count). The summed E-state index contributed by atoms with van der Waals surface area (Å²) in [6.45, 7) is 5.49. The van der Waals surface area contributed by atoms with E-state index in [-0.39, 0.29) is 19.6 Å². The van der Waals surface area contributed by atoms with Gasteiger partial charge < -0.3 is 5.32 Å². The largest absolute Gasteiger partial charge is 0.350 e. The number of anilines is 1. The lowest BCUT2D eigenvalue weighted by atomic mass is 9.93. The van der Waals surface area contributed by atoms with Crippen molar-refractivity contribution in [1.82, 2.24) is 9.62 Å². The molecule has 0 saturated carbocycles. The van der Waals surface area contributed by atoms with Gasteiger partial charge in [-0.05, 0) is 48.2 Å². The van der Waals surface area contributed by atoms with Gasteiger partial charge in [0.05, 0.1) is 12.8 Å². The van der Waals surface area contributed by atoms with Crippen molar-refractivity contribution in [3.63, 3.8) is 0 Å². The van der Waals surface area contributed by atoms with E-state index in [0.29, 0.717) is 16.6 Å². The van der Waals surface area contributed by atoms with E-state index in [9.17, 15) is 18.0 Å². The van der Waals surface area contributed by atoms with Crippen LogP contribution in [-0.2, 0) is 26.2 Å². The molecule has 1 heterocycles. The first-order valence-electron chi connectivity index (χ1n) is 10.3. The third-order valence-corrected chi connectivity index (χ3v) is 7.13. The van der Waals surface area contributed by atoms with E-state index >= 15 is 0 Å². The highest BCUT2D eigenvalue weighted by Crippen LogP contribution is 2.31. The predicted octanol–water partition coefficient (Wildman–Crippen LogP) is 3.15. The number of nitrogens with one attached hydrogen (secondary N) is 1. The summed E-state index contributed by atoms with van der Waals surface area (Å²) in [4.78, 5) is 27.9. The third-order valence-electron chi connectivity index (χ3n) is 5.68. The molecule has 1 atom stereocenters. The molecule has 2 aromatic carbocycles. The van der Waals surface area contributed by atoms with E-state index in [1.165, 1.54) is 4.90 Å². The molecule has 1 N–H and O–H groups in total. The fraction of sp³-hybridized carbons (Fsp3) is 0.391. The predicted molar refractivity (Wildman–Crippen MR) is 126 cm³/mol. The fourth-order valence-corrected chi connectivity index (χ4v) is 4.74. The van der Waals surface area contributed by atoms with Gasteiger partial charge in [-0.15, -0.1) is 0 Å². The molecule has 0 aliphatic carbocycles. The second-order valence-corrected chi connectivity index (χ2v) is 11.0. The van der Waals surface area contributed by atoms with Crippen LogP contribution in [0.25, 0.3) is 0 Å². The molecule has 172 valence electrons. The zero-order valence-electron chi connectivity index (χ0n) is 18.6. The molecule has 0 aromatic heterocycles. The lowest BCUT2D eigenvalue weighted by Crippen LogP contribution is -2.70. The Labute approximate surface area is 194 Å². The van der Waals surface area contributed by atoms with Crippen LogP contribution in [-0.4, -0.2) is 49.4 Å². The highest BCUT2D eigenvalue weighted by atomic mass is 35.5. The number of hydrogen-bond acceptors (Lipinski definition) is 4. The Morgan fingerprint density at radius 3 is 2.25 bits per heavy atom. The van der Waals surface area contributed by atoms with Crippen molar-refractivity contribution in [3.8, 4) is 0 Å². The molecule has 2 amide bonds. The van der Waals surface area contributed by atoms with Gasteiger partial charge >= 0.3 is 0 Å². The molecule has 32 heavy (non-hydrogen) atoms. The Balaban J connectivity index is 1.94. The zero-order valence-corrected chi connectivity index (χ0v) is 20.2. The van der Waals surface area contributed by atoms with Crippen LogP contribution in [0.4, 0.5) is 5.69 Å². The Morgan fingerprint density at radius 2 is 1.72 bits per heavy atom. The number of benzene rings is 2. The SMILES string of the molecule is CC(C)c1ccc(N2C(=O)CN(S(C)(=O)=O)CC2(C)C(=O)NCc2ccc(Cl)cc2)cc1. The standard InChI is InChI=1S/C23H28ClN3O4S/c1-16(2)18-7-11-20(12-8-18)27-21(28)14-26(32(4,30)31)15-23(27,3)22(29)25-13-17-5-9-19(24)10-6-17/h5-12,16H,13-15H2,1-4H3,(H,25,29). The van der Waals surface area contributed by atoms with Gasteiger partial charge in [0.25, 0.3) is 0 Å². The van der Waals surface area contributed by atoms with Crippen LogP contribution in [0.5, 0.6) is 0 Å². The van der Waals surface area contributed by atoms with Gasteiger partial charge in [-0.25, -0.2) is 8.42 Å². The summed E-state index contributed by atoms with van der Waals surface area (Å²) in [5.74, 6) is -0.582. The van der Waals surface area contributed by atoms with E-state index in [4.69, 9.17) is 11.6 Å². The summed E-state index contributed by atoms with van der Waals surface area (Å²) >= 11 is 5.92. The van der Waals surface area contributed by atoms with Crippen LogP contribution >= 0.6 is 11.6 Å². The van der Waals surface area contributed by atoms with Gasteiger partial charge in [0.15, 0.2) is 0 Å². The van der Waals surface area contributed by atoms with Gasteiger partial charge in [-0.1, -0.05) is 49.7 Å². The highest BCUT2D eigenvalue weighted by Gasteiger charge is 2.50. The molecular weight excluding hydrogens is 450 g/mol. The Hall–Kier alpha value is -2.42. The van der Waals surface area contributed by atoms with Crippen molar-refractivity contribution in [2.75, 3.05) is 24.2 Å². The second kappa shape index (κ2) is 9.21. The van der Waals surface area contributed by atoms with Gasteiger partial charge in [-0.3, -0.25) is 14.5 Å². The van der Waals surface area contributed by atoms with E-state index in [1.807, 2.05) is 12.1 Å². The molecule has 0 radical (unpaired) electrons. The molecular formula is C23H28ClN3O4S. The molecule has 1 aliphatic rings. The topological polar surface area (TPSA) is 86.8 Å². The maximum absolute atomic E-state index is 13.4. The van der Waals surface area contributed by atoms with Gasteiger partial charge in [0.2, 0.25) is 21.8 Å². The van der Waals surface area contributed by atoms with Crippen LogP contribution in [0.2, 0.25) is 5.02 Å². The van der Waals surface area contributed by atoms with E-state index in [2.05, 4.69) is 19.2 Å². The maximum atomic E-state index is 13.4. The summed E-state index contributed by atoms with van der Waals surface area (Å²) in [5.41, 5.74) is 1.06. The van der Waals surface area contributed by atoms with Crippen molar-refractivity contribution < 1.29 is 18.0 Å². The number of amides is 2. The molecule has 1 unspecified atom stereocenters. The van der Waals surface area contributed by atoms with E-state index in [0.717, 1.165) is 21.7 Å². The molecule has 7 nitrogen and oxygen atoms in total. The number of rotatable bonds is 6. The van der Waals surface area contributed by atoms with Crippen LogP contribution in [0.3, 0.4) is 0 Å². The smallest absolute Gasteiger partial charge is 0.247 e. The number of halogens is 1. The molecule has 9 heteroatoms. The number of carbonyl (C=O) groups is 2. The average Bonchev–Trinajstić information content (AvgIpc) is 2.72. The van der Waals surface area contributed by atoms with E-state index in [1.54, 1.807) is 43.3 Å². The fourth-order valence-electron chi connectivity index (χ4n) is 3.79. The second-order valence-electron chi connectivity index (χ2n) is 8.59. The average molecular weight is 478 g/mol. The van der Waals surface area contributed by atoms with Crippen LogP contribution in [0, 0.1) is 0 Å². The summed E-state index contributed by atoms with van der Waals surface area (Å²) in [5, 5.41) is 3.44. The first kappa shape index (κ1) is 24.2. The number of carbonyl (C=O) groups excluding carboxylic acids is 2. The monoisotopic (exact) mass is 477 g/mol. The third kappa shape index (κ3) is 5.14. The van der Waals surface area contributed by atoms with Gasteiger partial charge in [-0.2, -0.15) is 4.31 Å². The number of piperazine rings is 1. The lowest BCUT2D eigenvalue weighted by molar-refractivity contribution is -0.133. The Bertz CT molecular complexity index is 1100. The number of hydrogen-bond donors (Lipinski definition) is 1. The zero-order chi connectivity index (χ0) is 23.7. The lowest BCUT2D eigenvalue weighted by Gasteiger charge is -2.46. The molecule has 0 bridgehead atoms. The quantitative estimate of drug-likeness (QED) is 0.692. The molecule has 2 aromatic rings. The minimum Gasteiger partial charge on any atom is -0.350 e. The van der Waals surface area contributed by atoms with Crippen LogP contribution in [0.15, 0.2) is 48.5 Å². The Morgan fingerprint density at radius 1 is 1.12 bits per heavy atom. The van der Waals surface area contributed by atoms with Crippen molar-refractivity contribution in [3.05, 3.63) is 64.7 Å². The summed E-state index contributed by atoms with van der Waals surface area (Å²) < 4.78 is 25.5. The summed E-state index contributed by atoms with van der Waals surface area (Å²) in [6, 6.07) is 14.5. The summed E-state index contributed by atoms with van der Waals surface area (Å²) in [6.07, 6.45) is 1.04. The van der Waals surface area contributed by atoms with Crippen molar-refractivity contribution in [1.29, 1.82) is 0 Å². The number of sulfonamides is 1. The highest BCUT2D eigenvalue weighted by molar-refractivity contribution is 7.88. The number of nitrogens with zero attached hydrogens (tertiary/aromatic N) is 2. The Kier molecular flexibility index (Phi) is 6.97. The molecule has 1 saturated heterocycles. The van der Waals surface area contributed by atoms with Gasteiger partial charge in [0.1, 0.15) is 5.54 Å². The first-order valence-corrected chi connectivity index (χ1v) is 12.6. The van der Waals surface area contributed by atoms with Crippen molar-refractivity contribution in [2.24, 2.45) is 0 Å². The van der Waals surface area contributed by atoms with Gasteiger partial charge in [0, 0.05) is 23.8 Å². The minimum atomic E-state index is -3.67. The molecule has 0 spiro atoms. The molecule has 1 aliphatic heterocycles. The first-order chi connectivity index (χ1) is 14.9. The summed E-state index contributed by atoms with van der Waals surface area (Å²) in [7, 11) is -3.67. The maximum Gasteiger partial charge on any atom is 0.247 e. The van der Waals surface area contributed by atoms with Crippen LogP contribution < -0.4 is 10.2 Å². The minimum absolute atomic E-state index is 0.143.